The SMILES string of the molecule is COc1cc(C(=O)NCC(=O)OC(C)C(=O)c2ccccc2)cc(OC)c1OC. The van der Waals surface area contributed by atoms with Crippen LogP contribution in [0.3, 0.4) is 0 Å². The van der Waals surface area contributed by atoms with Crippen molar-refractivity contribution in [2.45, 2.75) is 13.0 Å². The molecular formula is C21H23NO7. The summed E-state index contributed by atoms with van der Waals surface area (Å²) in [7, 11) is 4.32. The second kappa shape index (κ2) is 10.1. The van der Waals surface area contributed by atoms with Crippen molar-refractivity contribution in [3.63, 3.8) is 0 Å². The maximum Gasteiger partial charge on any atom is 0.326 e. The number of ether oxygens (including phenoxy) is 4. The Morgan fingerprint density at radius 3 is 2.00 bits per heavy atom. The van der Waals surface area contributed by atoms with Crippen LogP contribution in [0.25, 0.3) is 0 Å². The van der Waals surface area contributed by atoms with Crippen molar-refractivity contribution in [1.29, 1.82) is 0 Å². The molecule has 0 saturated heterocycles. The number of amides is 1. The van der Waals surface area contributed by atoms with Gasteiger partial charge < -0.3 is 24.3 Å². The van der Waals surface area contributed by atoms with Crippen molar-refractivity contribution in [3.8, 4) is 17.2 Å². The summed E-state index contributed by atoms with van der Waals surface area (Å²) in [6.07, 6.45) is -0.969. The van der Waals surface area contributed by atoms with Gasteiger partial charge in [-0.3, -0.25) is 14.4 Å². The van der Waals surface area contributed by atoms with E-state index in [-0.39, 0.29) is 11.3 Å². The smallest absolute Gasteiger partial charge is 0.326 e. The summed E-state index contributed by atoms with van der Waals surface area (Å²) in [6.45, 7) is 1.08. The average molecular weight is 401 g/mol. The summed E-state index contributed by atoms with van der Waals surface area (Å²) in [6, 6.07) is 11.4. The van der Waals surface area contributed by atoms with Crippen LogP contribution in [0.15, 0.2) is 42.5 Å². The first-order valence-corrected chi connectivity index (χ1v) is 8.78. The van der Waals surface area contributed by atoms with Crippen molar-refractivity contribution in [3.05, 3.63) is 53.6 Å². The number of methoxy groups -OCH3 is 3. The summed E-state index contributed by atoms with van der Waals surface area (Å²) in [4.78, 5) is 36.6. The number of hydrogen-bond donors (Lipinski definition) is 1. The number of benzene rings is 2. The van der Waals surface area contributed by atoms with Gasteiger partial charge in [0, 0.05) is 11.1 Å². The van der Waals surface area contributed by atoms with Gasteiger partial charge in [-0.15, -0.1) is 0 Å². The Kier molecular flexibility index (Phi) is 7.59. The van der Waals surface area contributed by atoms with Gasteiger partial charge in [0.25, 0.3) is 5.91 Å². The van der Waals surface area contributed by atoms with E-state index in [1.54, 1.807) is 30.3 Å². The van der Waals surface area contributed by atoms with E-state index in [4.69, 9.17) is 18.9 Å². The summed E-state index contributed by atoms with van der Waals surface area (Å²) >= 11 is 0. The summed E-state index contributed by atoms with van der Waals surface area (Å²) < 4.78 is 20.7. The average Bonchev–Trinajstić information content (AvgIpc) is 2.76. The molecule has 1 atom stereocenters. The van der Waals surface area contributed by atoms with Crippen molar-refractivity contribution in [2.75, 3.05) is 27.9 Å². The van der Waals surface area contributed by atoms with E-state index in [0.29, 0.717) is 22.8 Å². The topological polar surface area (TPSA) is 100 Å². The number of esters is 1. The van der Waals surface area contributed by atoms with Crippen molar-refractivity contribution < 1.29 is 33.3 Å². The fourth-order valence-corrected chi connectivity index (χ4v) is 2.60. The van der Waals surface area contributed by atoms with Gasteiger partial charge in [0.05, 0.1) is 21.3 Å². The lowest BCUT2D eigenvalue weighted by atomic mass is 10.1. The van der Waals surface area contributed by atoms with Crippen LogP contribution in [0, 0.1) is 0 Å². The highest BCUT2D eigenvalue weighted by molar-refractivity contribution is 6.00. The third-order valence-corrected chi connectivity index (χ3v) is 4.06. The van der Waals surface area contributed by atoms with Crippen LogP contribution in [0.4, 0.5) is 0 Å². The molecule has 1 N–H and O–H groups in total. The minimum absolute atomic E-state index is 0.209. The van der Waals surface area contributed by atoms with Crippen LogP contribution < -0.4 is 19.5 Å². The van der Waals surface area contributed by atoms with E-state index >= 15 is 0 Å². The quantitative estimate of drug-likeness (QED) is 0.508. The number of carbonyl (C=O) groups is 3. The summed E-state index contributed by atoms with van der Waals surface area (Å²) in [5, 5.41) is 2.45. The first-order chi connectivity index (χ1) is 13.9. The highest BCUT2D eigenvalue weighted by atomic mass is 16.5. The molecule has 0 bridgehead atoms. The van der Waals surface area contributed by atoms with E-state index in [1.807, 2.05) is 0 Å². The molecule has 154 valence electrons. The Labute approximate surface area is 168 Å². The second-order valence-electron chi connectivity index (χ2n) is 5.96. The molecule has 0 heterocycles. The van der Waals surface area contributed by atoms with Gasteiger partial charge in [0.1, 0.15) is 6.54 Å². The predicted molar refractivity (Wildman–Crippen MR) is 105 cm³/mol. The van der Waals surface area contributed by atoms with E-state index in [1.165, 1.54) is 40.4 Å². The van der Waals surface area contributed by atoms with Crippen LogP contribution in [0.1, 0.15) is 27.6 Å². The lowest BCUT2D eigenvalue weighted by Gasteiger charge is -2.15. The molecule has 2 rings (SSSR count). The molecule has 0 radical (unpaired) electrons. The molecular weight excluding hydrogens is 378 g/mol. The van der Waals surface area contributed by atoms with Gasteiger partial charge in [-0.25, -0.2) is 0 Å². The van der Waals surface area contributed by atoms with E-state index in [0.717, 1.165) is 0 Å². The monoisotopic (exact) mass is 401 g/mol. The third kappa shape index (κ3) is 5.47. The minimum Gasteiger partial charge on any atom is -0.493 e. The van der Waals surface area contributed by atoms with Crippen LogP contribution in [0.2, 0.25) is 0 Å². The molecule has 1 amide bonds. The van der Waals surface area contributed by atoms with E-state index in [9.17, 15) is 14.4 Å². The Morgan fingerprint density at radius 1 is 0.897 bits per heavy atom. The molecule has 0 saturated carbocycles. The van der Waals surface area contributed by atoms with E-state index in [2.05, 4.69) is 5.32 Å². The van der Waals surface area contributed by atoms with Gasteiger partial charge in [-0.05, 0) is 19.1 Å². The Hall–Kier alpha value is -3.55. The zero-order chi connectivity index (χ0) is 21.4. The number of rotatable bonds is 9. The zero-order valence-corrected chi connectivity index (χ0v) is 16.7. The first kappa shape index (κ1) is 21.7. The molecule has 0 aromatic heterocycles. The van der Waals surface area contributed by atoms with Gasteiger partial charge in [0.2, 0.25) is 11.5 Å². The fourth-order valence-electron chi connectivity index (χ4n) is 2.60. The van der Waals surface area contributed by atoms with Gasteiger partial charge in [0.15, 0.2) is 17.6 Å². The normalized spacial score (nSPS) is 11.2. The number of carbonyl (C=O) groups excluding carboxylic acids is 3. The molecule has 1 unspecified atom stereocenters. The maximum atomic E-state index is 12.4. The third-order valence-electron chi connectivity index (χ3n) is 4.06. The second-order valence-corrected chi connectivity index (χ2v) is 5.96. The lowest BCUT2D eigenvalue weighted by molar-refractivity contribution is -0.145. The number of nitrogens with one attached hydrogen (secondary N) is 1. The number of ketones is 1. The van der Waals surface area contributed by atoms with Crippen molar-refractivity contribution in [2.24, 2.45) is 0 Å². The molecule has 0 aliphatic heterocycles. The van der Waals surface area contributed by atoms with Crippen LogP contribution in [-0.2, 0) is 9.53 Å². The van der Waals surface area contributed by atoms with Crippen LogP contribution in [0.5, 0.6) is 17.2 Å². The highest BCUT2D eigenvalue weighted by Crippen LogP contribution is 2.38. The Balaban J connectivity index is 1.98. The number of Topliss-reactive ketones (excluding diaryl/α,β-unsaturated/α-hetero) is 1. The fraction of sp³-hybridized carbons (Fsp3) is 0.286. The molecule has 8 nitrogen and oxygen atoms in total. The molecule has 0 fully saturated rings. The van der Waals surface area contributed by atoms with Crippen molar-refractivity contribution in [1.82, 2.24) is 5.32 Å². The molecule has 8 heteroatoms. The van der Waals surface area contributed by atoms with Crippen LogP contribution in [-0.4, -0.2) is 51.6 Å². The standard InChI is InChI=1S/C21H23NO7/c1-13(19(24)14-8-6-5-7-9-14)29-18(23)12-22-21(25)15-10-16(26-2)20(28-4)17(11-15)27-3/h5-11,13H,12H2,1-4H3,(H,22,25). The Bertz CT molecular complexity index is 855. The summed E-state index contributed by atoms with van der Waals surface area (Å²) in [5.41, 5.74) is 0.648. The molecule has 2 aromatic rings. The van der Waals surface area contributed by atoms with Gasteiger partial charge >= 0.3 is 5.97 Å². The molecule has 2 aromatic carbocycles. The molecule has 0 aliphatic carbocycles. The predicted octanol–water partition coefficient (Wildman–Crippen LogP) is 2.26. The maximum absolute atomic E-state index is 12.4. The molecule has 0 aliphatic rings. The largest absolute Gasteiger partial charge is 0.493 e. The van der Waals surface area contributed by atoms with Crippen LogP contribution >= 0.6 is 0 Å². The van der Waals surface area contributed by atoms with Gasteiger partial charge in [-0.1, -0.05) is 30.3 Å². The Morgan fingerprint density at radius 2 is 1.48 bits per heavy atom. The van der Waals surface area contributed by atoms with E-state index < -0.39 is 24.5 Å². The van der Waals surface area contributed by atoms with Gasteiger partial charge in [-0.2, -0.15) is 0 Å². The molecule has 29 heavy (non-hydrogen) atoms. The first-order valence-electron chi connectivity index (χ1n) is 8.78. The molecule has 0 spiro atoms. The zero-order valence-electron chi connectivity index (χ0n) is 16.7. The lowest BCUT2D eigenvalue weighted by Crippen LogP contribution is -2.34. The minimum atomic E-state index is -0.969. The highest BCUT2D eigenvalue weighted by Gasteiger charge is 2.21. The van der Waals surface area contributed by atoms with Crippen molar-refractivity contribution >= 4 is 17.7 Å². The summed E-state index contributed by atoms with van der Waals surface area (Å²) in [5.74, 6) is -0.636. The number of hydrogen-bond acceptors (Lipinski definition) is 7.